The van der Waals surface area contributed by atoms with Crippen molar-refractivity contribution in [2.45, 2.75) is 52.3 Å². The van der Waals surface area contributed by atoms with E-state index in [4.69, 9.17) is 4.74 Å². The normalized spacial score (nSPS) is 22.8. The average Bonchev–Trinajstić information content (AvgIpc) is 2.34. The monoisotopic (exact) mass is 312 g/mol. The van der Waals surface area contributed by atoms with Gasteiger partial charge in [-0.2, -0.15) is 0 Å². The Bertz CT molecular complexity index is 463. The van der Waals surface area contributed by atoms with Crippen molar-refractivity contribution in [2.24, 2.45) is 5.92 Å². The fourth-order valence-electron chi connectivity index (χ4n) is 2.45. The third kappa shape index (κ3) is 4.47. The van der Waals surface area contributed by atoms with E-state index in [2.05, 4.69) is 0 Å². The molecule has 1 aliphatic rings. The van der Waals surface area contributed by atoms with Gasteiger partial charge in [0.25, 0.3) is 0 Å². The van der Waals surface area contributed by atoms with Gasteiger partial charge in [0.15, 0.2) is 6.04 Å². The van der Waals surface area contributed by atoms with Crippen LogP contribution in [0, 0.1) is 5.92 Å². The van der Waals surface area contributed by atoms with Crippen LogP contribution in [0.2, 0.25) is 0 Å². The number of carboxylic acid groups (broad SMARTS) is 1. The summed E-state index contributed by atoms with van der Waals surface area (Å²) < 4.78 is 5.39. The van der Waals surface area contributed by atoms with E-state index in [-0.39, 0.29) is 12.0 Å². The predicted molar refractivity (Wildman–Crippen MR) is 84.8 cm³/mol. The molecule has 0 aromatic rings. The van der Waals surface area contributed by atoms with Crippen molar-refractivity contribution in [2.75, 3.05) is 20.6 Å². The van der Waals surface area contributed by atoms with Crippen LogP contribution in [0.1, 0.15) is 34.6 Å². The van der Waals surface area contributed by atoms with Gasteiger partial charge in [0.1, 0.15) is 5.60 Å². The largest absolute Gasteiger partial charge is 0.479 e. The summed E-state index contributed by atoms with van der Waals surface area (Å²) in [6, 6.07) is -0.994. The number of rotatable bonds is 3. The molecule has 0 saturated carbocycles. The van der Waals surface area contributed by atoms with E-state index in [0.717, 1.165) is 5.57 Å². The molecule has 1 amide bonds. The van der Waals surface area contributed by atoms with E-state index in [9.17, 15) is 14.7 Å². The molecule has 0 aromatic heterocycles. The van der Waals surface area contributed by atoms with Crippen molar-refractivity contribution in [1.29, 1.82) is 0 Å². The minimum absolute atomic E-state index is 0.0273. The van der Waals surface area contributed by atoms with Crippen molar-refractivity contribution in [3.63, 3.8) is 0 Å². The van der Waals surface area contributed by atoms with Gasteiger partial charge >= 0.3 is 12.1 Å². The number of carbonyl (C=O) groups is 2. The highest BCUT2D eigenvalue weighted by molar-refractivity contribution is 5.84. The number of nitrogens with zero attached hydrogens (tertiary/aromatic N) is 2. The molecule has 6 nitrogen and oxygen atoms in total. The van der Waals surface area contributed by atoms with Crippen LogP contribution in [0.3, 0.4) is 0 Å². The average molecular weight is 312 g/mol. The molecule has 0 spiro atoms. The van der Waals surface area contributed by atoms with Crippen molar-refractivity contribution in [1.82, 2.24) is 9.80 Å². The maximum Gasteiger partial charge on any atom is 0.411 e. The lowest BCUT2D eigenvalue weighted by molar-refractivity contribution is -0.142. The zero-order valence-corrected chi connectivity index (χ0v) is 14.6. The first kappa shape index (κ1) is 18.5. The third-order valence-corrected chi connectivity index (χ3v) is 3.59. The first-order valence-corrected chi connectivity index (χ1v) is 7.54. The van der Waals surface area contributed by atoms with Crippen molar-refractivity contribution in [3.8, 4) is 0 Å². The summed E-state index contributed by atoms with van der Waals surface area (Å²) in [7, 11) is 3.82. The Morgan fingerprint density at radius 1 is 1.36 bits per heavy atom. The van der Waals surface area contributed by atoms with Gasteiger partial charge in [-0.1, -0.05) is 19.9 Å². The maximum atomic E-state index is 12.5. The van der Waals surface area contributed by atoms with Gasteiger partial charge in [0, 0.05) is 12.6 Å². The third-order valence-electron chi connectivity index (χ3n) is 3.59. The molecule has 0 unspecified atom stereocenters. The number of aliphatic carboxylic acids is 1. The summed E-state index contributed by atoms with van der Waals surface area (Å²) in [5.74, 6) is -0.989. The smallest absolute Gasteiger partial charge is 0.411 e. The van der Waals surface area contributed by atoms with Crippen molar-refractivity contribution >= 4 is 12.1 Å². The van der Waals surface area contributed by atoms with Crippen molar-refractivity contribution in [3.05, 3.63) is 11.6 Å². The lowest BCUT2D eigenvalue weighted by Gasteiger charge is -2.40. The van der Waals surface area contributed by atoms with Crippen LogP contribution < -0.4 is 0 Å². The van der Waals surface area contributed by atoms with Gasteiger partial charge in [-0.25, -0.2) is 9.59 Å². The quantitative estimate of drug-likeness (QED) is 0.809. The van der Waals surface area contributed by atoms with E-state index in [1.165, 1.54) is 4.90 Å². The van der Waals surface area contributed by atoms with Crippen LogP contribution in [-0.4, -0.2) is 65.3 Å². The Balaban J connectivity index is 3.20. The lowest BCUT2D eigenvalue weighted by atomic mass is 9.89. The summed E-state index contributed by atoms with van der Waals surface area (Å²) in [6.45, 7) is 9.49. The molecular weight excluding hydrogens is 284 g/mol. The molecule has 2 atom stereocenters. The van der Waals surface area contributed by atoms with E-state index in [1.807, 2.05) is 38.9 Å². The zero-order chi connectivity index (χ0) is 17.2. The topological polar surface area (TPSA) is 70.1 Å². The summed E-state index contributed by atoms with van der Waals surface area (Å²) >= 11 is 0. The summed E-state index contributed by atoms with van der Waals surface area (Å²) in [5, 5.41) is 9.60. The van der Waals surface area contributed by atoms with Crippen LogP contribution in [0.25, 0.3) is 0 Å². The van der Waals surface area contributed by atoms with Gasteiger partial charge in [-0.05, 0) is 46.4 Å². The summed E-state index contributed by atoms with van der Waals surface area (Å²) in [5.41, 5.74) is 0.0794. The number of amides is 1. The highest BCUT2D eigenvalue weighted by Gasteiger charge is 2.41. The fraction of sp³-hybridized carbons (Fsp3) is 0.750. The van der Waals surface area contributed by atoms with E-state index in [1.54, 1.807) is 20.8 Å². The molecule has 1 rings (SSSR count). The highest BCUT2D eigenvalue weighted by atomic mass is 16.6. The molecule has 22 heavy (non-hydrogen) atoms. The molecule has 0 aromatic carbocycles. The molecular formula is C16H28N2O4. The molecule has 1 N–H and O–H groups in total. The van der Waals surface area contributed by atoms with Crippen LogP contribution in [0.4, 0.5) is 4.79 Å². The number of carboxylic acids is 1. The van der Waals surface area contributed by atoms with E-state index < -0.39 is 23.7 Å². The van der Waals surface area contributed by atoms with Gasteiger partial charge in [0.05, 0.1) is 0 Å². The Labute approximate surface area is 132 Å². The zero-order valence-electron chi connectivity index (χ0n) is 14.6. The van der Waals surface area contributed by atoms with E-state index >= 15 is 0 Å². The molecule has 0 radical (unpaired) electrons. The fourth-order valence-corrected chi connectivity index (χ4v) is 2.45. The van der Waals surface area contributed by atoms with Gasteiger partial charge < -0.3 is 14.7 Å². The first-order chi connectivity index (χ1) is 9.94. The number of likely N-dealkylation sites (N-methyl/N-ethyl adjacent to an activating group) is 1. The van der Waals surface area contributed by atoms with Crippen molar-refractivity contribution < 1.29 is 19.4 Å². The molecule has 0 aliphatic carbocycles. The molecule has 0 fully saturated rings. The second-order valence-corrected chi connectivity index (χ2v) is 7.23. The second kappa shape index (κ2) is 6.69. The van der Waals surface area contributed by atoms with Gasteiger partial charge in [0.2, 0.25) is 0 Å². The minimum atomic E-state index is -1.02. The maximum absolute atomic E-state index is 12.5. The van der Waals surface area contributed by atoms with Crippen LogP contribution in [-0.2, 0) is 9.53 Å². The Morgan fingerprint density at radius 3 is 2.27 bits per heavy atom. The first-order valence-electron chi connectivity index (χ1n) is 7.54. The minimum Gasteiger partial charge on any atom is -0.479 e. The van der Waals surface area contributed by atoms with Crippen LogP contribution in [0.15, 0.2) is 11.6 Å². The van der Waals surface area contributed by atoms with Crippen LogP contribution >= 0.6 is 0 Å². The number of hydrogen-bond donors (Lipinski definition) is 1. The molecule has 0 bridgehead atoms. The van der Waals surface area contributed by atoms with Gasteiger partial charge in [-0.3, -0.25) is 4.90 Å². The molecule has 126 valence electrons. The summed E-state index contributed by atoms with van der Waals surface area (Å²) in [6.07, 6.45) is 1.38. The van der Waals surface area contributed by atoms with Gasteiger partial charge in [-0.15, -0.1) is 0 Å². The summed E-state index contributed by atoms with van der Waals surface area (Å²) in [4.78, 5) is 27.5. The highest BCUT2D eigenvalue weighted by Crippen LogP contribution is 2.28. The van der Waals surface area contributed by atoms with E-state index in [0.29, 0.717) is 6.54 Å². The standard InChI is InChI=1S/C16H28N2O4/c1-10(2)12-8-11(17(6)7)9-18(13(12)14(19)20)15(21)22-16(3,4)5/h8,10-11,13H,9H2,1-7H3,(H,19,20)/t11-,13+/m1/s1. The number of ether oxygens (including phenoxy) is 1. The number of hydrogen-bond acceptors (Lipinski definition) is 4. The lowest BCUT2D eigenvalue weighted by Crippen LogP contribution is -2.56. The predicted octanol–water partition coefficient (Wildman–Crippen LogP) is 2.20. The number of carbonyl (C=O) groups excluding carboxylic acids is 1. The molecule has 0 saturated heterocycles. The Morgan fingerprint density at radius 2 is 1.91 bits per heavy atom. The second-order valence-electron chi connectivity index (χ2n) is 7.23. The Kier molecular flexibility index (Phi) is 5.62. The molecule has 1 heterocycles. The molecule has 1 aliphatic heterocycles. The van der Waals surface area contributed by atoms with Crippen LogP contribution in [0.5, 0.6) is 0 Å². The molecule has 6 heteroatoms. The Hall–Kier alpha value is -1.56. The SMILES string of the molecule is CC(C)C1=C[C@@H](N(C)C)CN(C(=O)OC(C)(C)C)[C@@H]1C(=O)O.